The molecule has 0 saturated carbocycles. The highest BCUT2D eigenvalue weighted by Gasteiger charge is 2.19. The van der Waals surface area contributed by atoms with Crippen molar-refractivity contribution in [3.63, 3.8) is 0 Å². The predicted molar refractivity (Wildman–Crippen MR) is 99.5 cm³/mol. The molecule has 3 N–H and O–H groups in total. The normalized spacial score (nSPS) is 20.2. The zero-order valence-corrected chi connectivity index (χ0v) is 14.5. The number of rotatable bonds is 5. The lowest BCUT2D eigenvalue weighted by Crippen LogP contribution is -2.47. The molecule has 2 amide bonds. The molecule has 1 aliphatic rings. The smallest absolute Gasteiger partial charge is 0.251 e. The van der Waals surface area contributed by atoms with Gasteiger partial charge in [-0.1, -0.05) is 30.3 Å². The predicted octanol–water partition coefficient (Wildman–Crippen LogP) is 2.22. The molecule has 5 nitrogen and oxygen atoms in total. The summed E-state index contributed by atoms with van der Waals surface area (Å²) in [6, 6.07) is 14.2. The van der Waals surface area contributed by atoms with Gasteiger partial charge in [0, 0.05) is 30.6 Å². The summed E-state index contributed by atoms with van der Waals surface area (Å²) in [6.07, 6.45) is 2.21. The van der Waals surface area contributed by atoms with Crippen LogP contribution in [-0.4, -0.2) is 37.0 Å². The molecule has 1 saturated heterocycles. The topological polar surface area (TPSA) is 70.2 Å². The molecule has 0 spiro atoms. The summed E-state index contributed by atoms with van der Waals surface area (Å²) in [7, 11) is 0. The molecular weight excluding hydrogens is 314 g/mol. The summed E-state index contributed by atoms with van der Waals surface area (Å²) in [5.41, 5.74) is 0.617. The summed E-state index contributed by atoms with van der Waals surface area (Å²) in [4.78, 5) is 24.3. The van der Waals surface area contributed by atoms with Crippen LogP contribution in [0.2, 0.25) is 0 Å². The number of fused-ring (bicyclic) bond motifs is 1. The molecule has 0 aromatic heterocycles. The Morgan fingerprint density at radius 2 is 1.96 bits per heavy atom. The second kappa shape index (κ2) is 8.12. The first kappa shape index (κ1) is 17.4. The van der Waals surface area contributed by atoms with Crippen molar-refractivity contribution < 1.29 is 9.59 Å². The van der Waals surface area contributed by atoms with Crippen LogP contribution < -0.4 is 16.0 Å². The van der Waals surface area contributed by atoms with Gasteiger partial charge in [-0.2, -0.15) is 0 Å². The SMILES string of the molecule is CC1CC(NC(=O)CCNC(=O)c2ccc3ccccc3c2)CCN1. The quantitative estimate of drug-likeness (QED) is 0.782. The standard InChI is InChI=1S/C20H25N3O2/c1-14-12-18(8-10-21-14)23-19(24)9-11-22-20(25)17-7-6-15-4-2-3-5-16(15)13-17/h2-7,13-14,18,21H,8-12H2,1H3,(H,22,25)(H,23,24). The molecule has 1 fully saturated rings. The first-order valence-electron chi connectivity index (χ1n) is 8.91. The minimum absolute atomic E-state index is 0.00193. The summed E-state index contributed by atoms with van der Waals surface area (Å²) >= 11 is 0. The van der Waals surface area contributed by atoms with Gasteiger partial charge < -0.3 is 16.0 Å². The van der Waals surface area contributed by atoms with Crippen LogP contribution in [-0.2, 0) is 4.79 Å². The average Bonchev–Trinajstić information content (AvgIpc) is 2.61. The molecule has 2 unspecified atom stereocenters. The highest BCUT2D eigenvalue weighted by molar-refractivity contribution is 5.98. The van der Waals surface area contributed by atoms with Gasteiger partial charge in [0.1, 0.15) is 0 Å². The monoisotopic (exact) mass is 339 g/mol. The number of nitrogens with one attached hydrogen (secondary N) is 3. The van der Waals surface area contributed by atoms with Crippen LogP contribution in [0.1, 0.15) is 36.5 Å². The zero-order chi connectivity index (χ0) is 17.6. The highest BCUT2D eigenvalue weighted by atomic mass is 16.2. The van der Waals surface area contributed by atoms with Crippen molar-refractivity contribution in [1.29, 1.82) is 0 Å². The van der Waals surface area contributed by atoms with Crippen molar-refractivity contribution in [3.8, 4) is 0 Å². The maximum Gasteiger partial charge on any atom is 0.251 e. The summed E-state index contributed by atoms with van der Waals surface area (Å²) in [6.45, 7) is 3.41. The Kier molecular flexibility index (Phi) is 5.66. The lowest BCUT2D eigenvalue weighted by molar-refractivity contribution is -0.121. The Morgan fingerprint density at radius 3 is 2.76 bits per heavy atom. The van der Waals surface area contributed by atoms with Crippen LogP contribution in [0.25, 0.3) is 10.8 Å². The first-order chi connectivity index (χ1) is 12.1. The van der Waals surface area contributed by atoms with E-state index in [1.165, 1.54) is 0 Å². The second-order valence-electron chi connectivity index (χ2n) is 6.71. The van der Waals surface area contributed by atoms with Gasteiger partial charge >= 0.3 is 0 Å². The maximum atomic E-state index is 12.3. The van der Waals surface area contributed by atoms with Crippen molar-refractivity contribution >= 4 is 22.6 Å². The Bertz CT molecular complexity index is 759. The van der Waals surface area contributed by atoms with Gasteiger partial charge in [0.15, 0.2) is 0 Å². The number of piperidine rings is 1. The van der Waals surface area contributed by atoms with Crippen LogP contribution in [0.5, 0.6) is 0 Å². The molecule has 0 aliphatic carbocycles. The van der Waals surface area contributed by atoms with Crippen LogP contribution in [0, 0.1) is 0 Å². The number of carbonyl (C=O) groups excluding carboxylic acids is 2. The first-order valence-corrected chi connectivity index (χ1v) is 8.91. The molecular formula is C20H25N3O2. The molecule has 2 aromatic rings. The number of hydrogen-bond donors (Lipinski definition) is 3. The van der Waals surface area contributed by atoms with Gasteiger partial charge in [-0.25, -0.2) is 0 Å². The van der Waals surface area contributed by atoms with Gasteiger partial charge in [0.25, 0.3) is 5.91 Å². The molecule has 1 aliphatic heterocycles. The molecule has 0 bridgehead atoms. The van der Waals surface area contributed by atoms with E-state index < -0.39 is 0 Å². The minimum Gasteiger partial charge on any atom is -0.353 e. The molecule has 5 heteroatoms. The lowest BCUT2D eigenvalue weighted by atomic mass is 10.0. The molecule has 0 radical (unpaired) electrons. The van der Waals surface area contributed by atoms with E-state index in [4.69, 9.17) is 0 Å². The minimum atomic E-state index is -0.144. The van der Waals surface area contributed by atoms with E-state index in [1.807, 2.05) is 42.5 Å². The molecule has 1 heterocycles. The Balaban J connectivity index is 1.46. The summed E-state index contributed by atoms with van der Waals surface area (Å²) in [5.74, 6) is -0.146. The average molecular weight is 339 g/mol. The third-order valence-corrected chi connectivity index (χ3v) is 4.64. The van der Waals surface area contributed by atoms with Crippen LogP contribution >= 0.6 is 0 Å². The fourth-order valence-corrected chi connectivity index (χ4v) is 3.29. The Labute approximate surface area is 148 Å². The second-order valence-corrected chi connectivity index (χ2v) is 6.71. The Hall–Kier alpha value is -2.40. The largest absolute Gasteiger partial charge is 0.353 e. The number of hydrogen-bond acceptors (Lipinski definition) is 3. The maximum absolute atomic E-state index is 12.3. The van der Waals surface area contributed by atoms with Gasteiger partial charge in [0.2, 0.25) is 5.91 Å². The van der Waals surface area contributed by atoms with Gasteiger partial charge in [-0.05, 0) is 49.2 Å². The van der Waals surface area contributed by atoms with Gasteiger partial charge in [0.05, 0.1) is 0 Å². The van der Waals surface area contributed by atoms with E-state index in [1.54, 1.807) is 0 Å². The molecule has 132 valence electrons. The van der Waals surface area contributed by atoms with E-state index in [9.17, 15) is 9.59 Å². The Morgan fingerprint density at radius 1 is 1.16 bits per heavy atom. The highest BCUT2D eigenvalue weighted by Crippen LogP contribution is 2.15. The van der Waals surface area contributed by atoms with E-state index in [0.29, 0.717) is 24.6 Å². The fourth-order valence-electron chi connectivity index (χ4n) is 3.29. The van der Waals surface area contributed by atoms with Crippen molar-refractivity contribution in [2.45, 2.75) is 38.3 Å². The van der Waals surface area contributed by atoms with Crippen molar-refractivity contribution in [2.75, 3.05) is 13.1 Å². The van der Waals surface area contributed by atoms with Crippen molar-refractivity contribution in [3.05, 3.63) is 48.0 Å². The number of carbonyl (C=O) groups is 2. The third kappa shape index (κ3) is 4.79. The molecule has 25 heavy (non-hydrogen) atoms. The number of benzene rings is 2. The van der Waals surface area contributed by atoms with Crippen molar-refractivity contribution in [1.82, 2.24) is 16.0 Å². The van der Waals surface area contributed by atoms with E-state index in [-0.39, 0.29) is 17.9 Å². The zero-order valence-electron chi connectivity index (χ0n) is 14.5. The van der Waals surface area contributed by atoms with Crippen LogP contribution in [0.15, 0.2) is 42.5 Å². The molecule has 3 rings (SSSR count). The van der Waals surface area contributed by atoms with Gasteiger partial charge in [-0.3, -0.25) is 9.59 Å². The third-order valence-electron chi connectivity index (χ3n) is 4.64. The summed E-state index contributed by atoms with van der Waals surface area (Å²) < 4.78 is 0. The molecule has 2 atom stereocenters. The van der Waals surface area contributed by atoms with E-state index in [2.05, 4.69) is 22.9 Å². The molecule has 2 aromatic carbocycles. The van der Waals surface area contributed by atoms with E-state index >= 15 is 0 Å². The number of amides is 2. The van der Waals surface area contributed by atoms with E-state index in [0.717, 1.165) is 30.2 Å². The van der Waals surface area contributed by atoms with Crippen LogP contribution in [0.3, 0.4) is 0 Å². The lowest BCUT2D eigenvalue weighted by Gasteiger charge is -2.28. The van der Waals surface area contributed by atoms with Crippen LogP contribution in [0.4, 0.5) is 0 Å². The fraction of sp³-hybridized carbons (Fsp3) is 0.400. The van der Waals surface area contributed by atoms with Crippen molar-refractivity contribution in [2.24, 2.45) is 0 Å². The summed E-state index contributed by atoms with van der Waals surface area (Å²) in [5, 5.41) is 11.4. The van der Waals surface area contributed by atoms with Gasteiger partial charge in [-0.15, -0.1) is 0 Å².